The third-order valence-electron chi connectivity index (χ3n) is 2.58. The highest BCUT2D eigenvalue weighted by Crippen LogP contribution is 2.19. The van der Waals surface area contributed by atoms with Crippen molar-refractivity contribution in [3.63, 3.8) is 0 Å². The predicted molar refractivity (Wildman–Crippen MR) is 79.7 cm³/mol. The molecule has 0 aliphatic heterocycles. The summed E-state index contributed by atoms with van der Waals surface area (Å²) in [5.41, 5.74) is 3.05. The minimum atomic E-state index is -0.636. The van der Waals surface area contributed by atoms with Crippen LogP contribution in [0.25, 0.3) is 0 Å². The molecule has 0 spiro atoms. The lowest BCUT2D eigenvalue weighted by Crippen LogP contribution is -1.95. The minimum absolute atomic E-state index is 0.636. The minimum Gasteiger partial charge on any atom is -0.381 e. The summed E-state index contributed by atoms with van der Waals surface area (Å²) in [5, 5.41) is 9.16. The number of halogens is 1. The number of benzene rings is 1. The van der Waals surface area contributed by atoms with Crippen LogP contribution in [0.4, 0.5) is 0 Å². The van der Waals surface area contributed by atoms with Crippen LogP contribution < -0.4 is 0 Å². The summed E-state index contributed by atoms with van der Waals surface area (Å²) >= 11 is 3.51. The van der Waals surface area contributed by atoms with Crippen molar-refractivity contribution in [2.75, 3.05) is 0 Å². The number of hydrogen-bond donors (Lipinski definition) is 1. The van der Waals surface area contributed by atoms with Gasteiger partial charge in [0.1, 0.15) is 11.8 Å². The zero-order valence-electron chi connectivity index (χ0n) is 10.6. The average Bonchev–Trinajstić information content (AvgIpc) is 2.41. The van der Waals surface area contributed by atoms with Gasteiger partial charge < -0.3 is 5.11 Å². The Labute approximate surface area is 121 Å². The van der Waals surface area contributed by atoms with E-state index in [-0.39, 0.29) is 0 Å². The van der Waals surface area contributed by atoms with Crippen LogP contribution in [0.15, 0.2) is 47.1 Å². The molecule has 0 aliphatic rings. The van der Waals surface area contributed by atoms with Crippen LogP contribution in [0.1, 0.15) is 23.7 Å². The van der Waals surface area contributed by atoms with Gasteiger partial charge in [-0.2, -0.15) is 0 Å². The summed E-state index contributed by atoms with van der Waals surface area (Å²) in [5.74, 6) is 5.57. The van der Waals surface area contributed by atoms with Crippen molar-refractivity contribution in [3.8, 4) is 11.8 Å². The molecule has 0 aliphatic carbocycles. The molecule has 2 nitrogen and oxygen atoms in total. The molecule has 0 radical (unpaired) electrons. The topological polar surface area (TPSA) is 33.1 Å². The van der Waals surface area contributed by atoms with Crippen LogP contribution in [-0.2, 0) is 6.42 Å². The number of hydrogen-bond acceptors (Lipinski definition) is 2. The van der Waals surface area contributed by atoms with E-state index in [1.165, 1.54) is 5.56 Å². The first-order chi connectivity index (χ1) is 9.15. The average molecular weight is 316 g/mol. The molecule has 0 saturated carbocycles. The van der Waals surface area contributed by atoms with E-state index in [1.54, 1.807) is 13.1 Å². The Morgan fingerprint density at radius 2 is 2.05 bits per heavy atom. The Morgan fingerprint density at radius 3 is 2.74 bits per heavy atom. The van der Waals surface area contributed by atoms with Crippen molar-refractivity contribution >= 4 is 15.9 Å². The quantitative estimate of drug-likeness (QED) is 0.863. The van der Waals surface area contributed by atoms with E-state index in [4.69, 9.17) is 5.11 Å². The van der Waals surface area contributed by atoms with Crippen molar-refractivity contribution in [3.05, 3.63) is 63.9 Å². The van der Waals surface area contributed by atoms with Gasteiger partial charge in [0.2, 0.25) is 0 Å². The molecule has 96 valence electrons. The second kappa shape index (κ2) is 6.51. The van der Waals surface area contributed by atoms with Gasteiger partial charge in [0.25, 0.3) is 0 Å². The van der Waals surface area contributed by atoms with Crippen LogP contribution in [0.5, 0.6) is 0 Å². The lowest BCUT2D eigenvalue weighted by Gasteiger charge is -2.05. The molecule has 1 atom stereocenters. The maximum Gasteiger partial charge on any atom is 0.113 e. The molecule has 0 saturated heterocycles. The van der Waals surface area contributed by atoms with Crippen LogP contribution in [-0.4, -0.2) is 16.2 Å². The van der Waals surface area contributed by atoms with E-state index in [0.29, 0.717) is 5.69 Å². The zero-order valence-corrected chi connectivity index (χ0v) is 12.2. The molecule has 1 aromatic heterocycles. The highest BCUT2D eigenvalue weighted by molar-refractivity contribution is 9.10. The fourth-order valence-corrected chi connectivity index (χ4v) is 2.04. The first kappa shape index (κ1) is 13.8. The summed E-state index contributed by atoms with van der Waals surface area (Å²) < 4.78 is 0.971. The van der Waals surface area contributed by atoms with Gasteiger partial charge >= 0.3 is 0 Å². The highest BCUT2D eigenvalue weighted by atomic mass is 79.9. The second-order valence-electron chi connectivity index (χ2n) is 4.27. The van der Waals surface area contributed by atoms with Gasteiger partial charge in [0, 0.05) is 10.7 Å². The first-order valence-corrected chi connectivity index (χ1v) is 6.82. The fourth-order valence-electron chi connectivity index (χ4n) is 1.68. The van der Waals surface area contributed by atoms with Crippen molar-refractivity contribution in [1.29, 1.82) is 0 Å². The first-order valence-electron chi connectivity index (χ1n) is 6.03. The molecule has 2 aromatic rings. The number of aliphatic hydroxyl groups is 1. The largest absolute Gasteiger partial charge is 0.381 e. The van der Waals surface area contributed by atoms with E-state index in [9.17, 15) is 0 Å². The number of rotatable bonds is 2. The summed E-state index contributed by atoms with van der Waals surface area (Å²) in [6, 6.07) is 12.2. The van der Waals surface area contributed by atoms with Gasteiger partial charge in [0.15, 0.2) is 0 Å². The van der Waals surface area contributed by atoms with E-state index in [1.807, 2.05) is 24.3 Å². The third-order valence-corrected chi connectivity index (χ3v) is 3.30. The fraction of sp³-hybridized carbons (Fsp3) is 0.188. The number of nitrogens with zero attached hydrogens (tertiary/aromatic N) is 1. The second-order valence-corrected chi connectivity index (χ2v) is 5.12. The maximum atomic E-state index is 9.16. The Hall–Kier alpha value is -1.63. The molecule has 1 N–H and O–H groups in total. The normalized spacial score (nSPS) is 11.5. The molecular weight excluding hydrogens is 302 g/mol. The molecule has 1 unspecified atom stereocenters. The summed E-state index contributed by atoms with van der Waals surface area (Å²) in [4.78, 5) is 4.22. The van der Waals surface area contributed by atoms with Crippen molar-refractivity contribution in [2.24, 2.45) is 0 Å². The molecule has 0 fully saturated rings. The molecule has 19 heavy (non-hydrogen) atoms. The Balaban J connectivity index is 2.26. The monoisotopic (exact) mass is 315 g/mol. The summed E-state index contributed by atoms with van der Waals surface area (Å²) in [6.45, 7) is 1.64. The van der Waals surface area contributed by atoms with Crippen molar-refractivity contribution < 1.29 is 5.11 Å². The Kier molecular flexibility index (Phi) is 4.73. The lowest BCUT2D eigenvalue weighted by atomic mass is 10.1. The SMILES string of the molecule is CC(O)C#Cc1cc(Cc2ccccc2)c(Br)cn1. The van der Waals surface area contributed by atoms with E-state index in [2.05, 4.69) is 44.9 Å². The van der Waals surface area contributed by atoms with Crippen LogP contribution >= 0.6 is 15.9 Å². The molecule has 1 aromatic carbocycles. The molecule has 2 rings (SSSR count). The Bertz CT molecular complexity index is 612. The smallest absolute Gasteiger partial charge is 0.113 e. The van der Waals surface area contributed by atoms with Gasteiger partial charge in [-0.3, -0.25) is 0 Å². The third kappa shape index (κ3) is 4.20. The van der Waals surface area contributed by atoms with Gasteiger partial charge in [-0.15, -0.1) is 0 Å². The summed E-state index contributed by atoms with van der Waals surface area (Å²) in [7, 11) is 0. The van der Waals surface area contributed by atoms with Crippen LogP contribution in [0.3, 0.4) is 0 Å². The summed E-state index contributed by atoms with van der Waals surface area (Å²) in [6.07, 6.45) is 1.94. The standard InChI is InChI=1S/C16H14BrNO/c1-12(19)7-8-15-10-14(16(17)11-18-15)9-13-5-3-2-4-6-13/h2-6,10-12,19H,9H2,1H3. The number of aliphatic hydroxyl groups excluding tert-OH is 1. The highest BCUT2D eigenvalue weighted by Gasteiger charge is 2.03. The van der Waals surface area contributed by atoms with E-state index < -0.39 is 6.10 Å². The van der Waals surface area contributed by atoms with E-state index in [0.717, 1.165) is 16.5 Å². The van der Waals surface area contributed by atoms with Gasteiger partial charge in [-0.1, -0.05) is 36.3 Å². The number of aromatic nitrogens is 1. The van der Waals surface area contributed by atoms with Gasteiger partial charge in [0.05, 0.1) is 0 Å². The molecular formula is C16H14BrNO. The van der Waals surface area contributed by atoms with Crippen LogP contribution in [0.2, 0.25) is 0 Å². The number of pyridine rings is 1. The van der Waals surface area contributed by atoms with E-state index >= 15 is 0 Å². The van der Waals surface area contributed by atoms with Crippen molar-refractivity contribution in [2.45, 2.75) is 19.4 Å². The zero-order chi connectivity index (χ0) is 13.7. The molecule has 1 heterocycles. The molecule has 0 amide bonds. The lowest BCUT2D eigenvalue weighted by molar-refractivity contribution is 0.253. The van der Waals surface area contributed by atoms with Crippen molar-refractivity contribution in [1.82, 2.24) is 4.98 Å². The van der Waals surface area contributed by atoms with Crippen LogP contribution in [0, 0.1) is 11.8 Å². The predicted octanol–water partition coefficient (Wildman–Crippen LogP) is 3.17. The van der Waals surface area contributed by atoms with Gasteiger partial charge in [-0.05, 0) is 52.4 Å². The molecule has 3 heteroatoms. The maximum absolute atomic E-state index is 9.16. The van der Waals surface area contributed by atoms with Gasteiger partial charge in [-0.25, -0.2) is 4.98 Å². The molecule has 0 bridgehead atoms. The Morgan fingerprint density at radius 1 is 1.32 bits per heavy atom.